The first-order chi connectivity index (χ1) is 10.0. The zero-order chi connectivity index (χ0) is 14.6. The van der Waals surface area contributed by atoms with Gasteiger partial charge in [0.25, 0.3) is 0 Å². The molecule has 0 amide bonds. The summed E-state index contributed by atoms with van der Waals surface area (Å²) in [7, 11) is 0. The highest BCUT2D eigenvalue weighted by Gasteiger charge is 2.48. The van der Waals surface area contributed by atoms with Gasteiger partial charge in [0.05, 0.1) is 19.0 Å². The zero-order valence-corrected chi connectivity index (χ0v) is 12.7. The SMILES string of the molecule is CC1(C)OC[C@H]([C@@H]2C[C@@H]2Cn2cnc3c(Cl)ncnc32)O1. The molecular weight excluding hydrogens is 292 g/mol. The Morgan fingerprint density at radius 3 is 3.00 bits per heavy atom. The Morgan fingerprint density at radius 2 is 2.24 bits per heavy atom. The van der Waals surface area contributed by atoms with E-state index < -0.39 is 5.79 Å². The maximum atomic E-state index is 6.02. The molecule has 2 aliphatic rings. The highest BCUT2D eigenvalue weighted by molar-refractivity contribution is 6.33. The molecule has 1 saturated heterocycles. The summed E-state index contributed by atoms with van der Waals surface area (Å²) in [5, 5.41) is 0.403. The molecule has 3 atom stereocenters. The third-order valence-corrected chi connectivity index (χ3v) is 4.55. The van der Waals surface area contributed by atoms with E-state index in [1.165, 1.54) is 6.33 Å². The van der Waals surface area contributed by atoms with Gasteiger partial charge in [-0.05, 0) is 32.1 Å². The van der Waals surface area contributed by atoms with Crippen LogP contribution in [0.2, 0.25) is 5.15 Å². The molecule has 7 heteroatoms. The van der Waals surface area contributed by atoms with Crippen LogP contribution in [-0.4, -0.2) is 38.0 Å². The first-order valence-electron chi connectivity index (χ1n) is 7.16. The Balaban J connectivity index is 1.47. The van der Waals surface area contributed by atoms with Crippen molar-refractivity contribution in [3.05, 3.63) is 17.8 Å². The predicted octanol–water partition coefficient (Wildman–Crippen LogP) is 2.27. The van der Waals surface area contributed by atoms with Crippen LogP contribution in [0.5, 0.6) is 0 Å². The fourth-order valence-corrected chi connectivity index (χ4v) is 3.28. The molecule has 2 aromatic heterocycles. The maximum absolute atomic E-state index is 6.02. The van der Waals surface area contributed by atoms with Crippen LogP contribution in [-0.2, 0) is 16.0 Å². The number of halogens is 1. The number of rotatable bonds is 3. The van der Waals surface area contributed by atoms with Gasteiger partial charge in [-0.15, -0.1) is 0 Å². The van der Waals surface area contributed by atoms with E-state index in [1.807, 2.05) is 13.8 Å². The van der Waals surface area contributed by atoms with E-state index >= 15 is 0 Å². The third-order valence-electron chi connectivity index (χ3n) is 4.27. The van der Waals surface area contributed by atoms with Crippen LogP contribution in [0.3, 0.4) is 0 Å². The molecule has 0 spiro atoms. The monoisotopic (exact) mass is 308 g/mol. The summed E-state index contributed by atoms with van der Waals surface area (Å²) < 4.78 is 13.6. The van der Waals surface area contributed by atoms with Crippen LogP contribution in [0, 0.1) is 11.8 Å². The van der Waals surface area contributed by atoms with E-state index in [4.69, 9.17) is 21.1 Å². The highest BCUT2D eigenvalue weighted by Crippen LogP contribution is 2.47. The molecule has 0 bridgehead atoms. The molecule has 21 heavy (non-hydrogen) atoms. The molecule has 0 N–H and O–H groups in total. The van der Waals surface area contributed by atoms with Gasteiger partial charge < -0.3 is 14.0 Å². The lowest BCUT2D eigenvalue weighted by molar-refractivity contribution is -0.141. The minimum absolute atomic E-state index is 0.206. The van der Waals surface area contributed by atoms with Gasteiger partial charge >= 0.3 is 0 Å². The molecule has 1 aliphatic heterocycles. The Labute approximate surface area is 127 Å². The summed E-state index contributed by atoms with van der Waals surface area (Å²) in [4.78, 5) is 12.5. The van der Waals surface area contributed by atoms with Crippen LogP contribution in [0.4, 0.5) is 0 Å². The molecule has 6 nitrogen and oxygen atoms in total. The standard InChI is InChI=1S/C14H17ClN4O2/c1-14(2)20-5-10(21-14)9-3-8(9)4-19-7-18-11-12(15)16-6-17-13(11)19/h6-10H,3-5H2,1-2H3/t8-,9-,10-/m1/s1. The number of aromatic nitrogens is 4. The summed E-state index contributed by atoms with van der Waals surface area (Å²) in [6, 6.07) is 0. The van der Waals surface area contributed by atoms with Crippen molar-refractivity contribution in [2.75, 3.05) is 6.61 Å². The van der Waals surface area contributed by atoms with Crippen LogP contribution >= 0.6 is 11.6 Å². The quantitative estimate of drug-likeness (QED) is 0.814. The summed E-state index contributed by atoms with van der Waals surface area (Å²) in [5.41, 5.74) is 1.46. The second kappa shape index (κ2) is 4.63. The normalized spacial score (nSPS) is 30.9. The van der Waals surface area contributed by atoms with Crippen molar-refractivity contribution < 1.29 is 9.47 Å². The van der Waals surface area contributed by atoms with Crippen molar-refractivity contribution in [3.8, 4) is 0 Å². The van der Waals surface area contributed by atoms with Crippen LogP contribution < -0.4 is 0 Å². The molecule has 0 unspecified atom stereocenters. The summed E-state index contributed by atoms with van der Waals surface area (Å²) >= 11 is 6.02. The number of nitrogens with zero attached hydrogens (tertiary/aromatic N) is 4. The lowest BCUT2D eigenvalue weighted by Gasteiger charge is -2.17. The van der Waals surface area contributed by atoms with Gasteiger partial charge in [-0.1, -0.05) is 11.6 Å². The van der Waals surface area contributed by atoms with E-state index in [0.29, 0.717) is 29.1 Å². The largest absolute Gasteiger partial charge is 0.348 e. The van der Waals surface area contributed by atoms with Crippen LogP contribution in [0.15, 0.2) is 12.7 Å². The van der Waals surface area contributed by atoms with Crippen molar-refractivity contribution in [1.82, 2.24) is 19.5 Å². The first kappa shape index (κ1) is 13.4. The number of fused-ring (bicyclic) bond motifs is 1. The Kier molecular flexibility index (Phi) is 2.96. The minimum atomic E-state index is -0.444. The van der Waals surface area contributed by atoms with Crippen molar-refractivity contribution in [2.24, 2.45) is 11.8 Å². The molecule has 3 heterocycles. The molecule has 0 aromatic carbocycles. The van der Waals surface area contributed by atoms with E-state index in [9.17, 15) is 0 Å². The third kappa shape index (κ3) is 2.41. The molecule has 112 valence electrons. The smallest absolute Gasteiger partial charge is 0.164 e. The Hall–Kier alpha value is -1.24. The maximum Gasteiger partial charge on any atom is 0.164 e. The fraction of sp³-hybridized carbons (Fsp3) is 0.643. The Bertz CT molecular complexity index is 687. The van der Waals surface area contributed by atoms with E-state index in [2.05, 4.69) is 19.5 Å². The molecule has 2 fully saturated rings. The topological polar surface area (TPSA) is 62.1 Å². The van der Waals surface area contributed by atoms with Gasteiger partial charge in [-0.3, -0.25) is 0 Å². The van der Waals surface area contributed by atoms with Crippen molar-refractivity contribution in [1.29, 1.82) is 0 Å². The van der Waals surface area contributed by atoms with E-state index in [-0.39, 0.29) is 6.10 Å². The summed E-state index contributed by atoms with van der Waals surface area (Å²) in [5.74, 6) is 0.695. The summed E-state index contributed by atoms with van der Waals surface area (Å²) in [6.07, 6.45) is 4.63. The average Bonchev–Trinajstić information content (AvgIpc) is 2.91. The van der Waals surface area contributed by atoms with Gasteiger partial charge in [0.15, 0.2) is 16.6 Å². The predicted molar refractivity (Wildman–Crippen MR) is 76.8 cm³/mol. The first-order valence-corrected chi connectivity index (χ1v) is 7.54. The van der Waals surface area contributed by atoms with Crippen molar-refractivity contribution >= 4 is 22.8 Å². The van der Waals surface area contributed by atoms with E-state index in [1.54, 1.807) is 6.33 Å². The molecular formula is C14H17ClN4O2. The van der Waals surface area contributed by atoms with Gasteiger partial charge in [0.2, 0.25) is 0 Å². The second-order valence-electron chi connectivity index (χ2n) is 6.26. The molecule has 2 aromatic rings. The van der Waals surface area contributed by atoms with Gasteiger partial charge in [-0.25, -0.2) is 15.0 Å². The van der Waals surface area contributed by atoms with Crippen molar-refractivity contribution in [2.45, 2.75) is 38.7 Å². The minimum Gasteiger partial charge on any atom is -0.348 e. The molecule has 4 rings (SSSR count). The average molecular weight is 309 g/mol. The number of imidazole rings is 1. The fourth-order valence-electron chi connectivity index (χ4n) is 3.10. The number of hydrogen-bond acceptors (Lipinski definition) is 5. The van der Waals surface area contributed by atoms with Crippen molar-refractivity contribution in [3.63, 3.8) is 0 Å². The highest BCUT2D eigenvalue weighted by atomic mass is 35.5. The van der Waals surface area contributed by atoms with E-state index in [0.717, 1.165) is 18.6 Å². The Morgan fingerprint density at radius 1 is 1.38 bits per heavy atom. The van der Waals surface area contributed by atoms with Crippen LogP contribution in [0.25, 0.3) is 11.2 Å². The van der Waals surface area contributed by atoms with Gasteiger partial charge in [0.1, 0.15) is 11.8 Å². The number of ether oxygens (including phenoxy) is 2. The van der Waals surface area contributed by atoms with Gasteiger partial charge in [0, 0.05) is 6.54 Å². The lowest BCUT2D eigenvalue weighted by atomic mass is 10.2. The lowest BCUT2D eigenvalue weighted by Crippen LogP contribution is -2.22. The molecule has 1 aliphatic carbocycles. The van der Waals surface area contributed by atoms with Crippen LogP contribution in [0.1, 0.15) is 20.3 Å². The van der Waals surface area contributed by atoms with Gasteiger partial charge in [-0.2, -0.15) is 0 Å². The number of hydrogen-bond donors (Lipinski definition) is 0. The zero-order valence-electron chi connectivity index (χ0n) is 12.0. The molecule has 1 saturated carbocycles. The summed E-state index contributed by atoms with van der Waals surface area (Å²) in [6.45, 7) is 5.50. The molecule has 0 radical (unpaired) electrons. The second-order valence-corrected chi connectivity index (χ2v) is 6.62.